The first-order valence-electron chi connectivity index (χ1n) is 13.5. The van der Waals surface area contributed by atoms with Gasteiger partial charge in [-0.3, -0.25) is 4.90 Å². The molecule has 2 aliphatic heterocycles. The molecule has 11 heteroatoms. The van der Waals surface area contributed by atoms with Gasteiger partial charge in [-0.2, -0.15) is 0 Å². The number of hydrogen-bond acceptors (Lipinski definition) is 6. The Balaban J connectivity index is 1.12. The zero-order chi connectivity index (χ0) is 28.5. The van der Waals surface area contributed by atoms with E-state index in [2.05, 4.69) is 14.8 Å². The lowest BCUT2D eigenvalue weighted by atomic mass is 10.1. The first kappa shape index (κ1) is 27.4. The number of carbonyl (C=O) groups is 1. The number of halogens is 3. The van der Waals surface area contributed by atoms with Crippen molar-refractivity contribution in [1.29, 1.82) is 0 Å². The SMILES string of the molecule is O=C(O)c1ccc2nc(CN3CCC(Nc4ccc(F)c(OCc5ccc(Cl)cc5F)c4)C3)n(CC3CCO3)c2c1. The molecule has 2 unspecified atom stereocenters. The Hall–Kier alpha value is -3.73. The fourth-order valence-electron chi connectivity index (χ4n) is 5.29. The van der Waals surface area contributed by atoms with Crippen LogP contribution in [0.3, 0.4) is 0 Å². The zero-order valence-corrected chi connectivity index (χ0v) is 22.9. The minimum atomic E-state index is -0.971. The van der Waals surface area contributed by atoms with Crippen molar-refractivity contribution in [2.45, 2.75) is 44.7 Å². The number of carboxylic acids is 1. The highest BCUT2D eigenvalue weighted by molar-refractivity contribution is 6.30. The molecular formula is C30H29ClF2N4O4. The van der Waals surface area contributed by atoms with Crippen LogP contribution >= 0.6 is 11.6 Å². The van der Waals surface area contributed by atoms with Crippen LogP contribution in [-0.2, 0) is 24.4 Å². The molecule has 41 heavy (non-hydrogen) atoms. The summed E-state index contributed by atoms with van der Waals surface area (Å²) in [6, 6.07) is 14.0. The maximum Gasteiger partial charge on any atom is 0.335 e. The quantitative estimate of drug-likeness (QED) is 0.247. The van der Waals surface area contributed by atoms with Gasteiger partial charge in [-0.15, -0.1) is 0 Å². The molecule has 0 amide bonds. The van der Waals surface area contributed by atoms with Gasteiger partial charge in [0.05, 0.1) is 35.8 Å². The Morgan fingerprint density at radius 2 is 1.98 bits per heavy atom. The molecule has 0 bridgehead atoms. The number of imidazole rings is 1. The molecule has 0 saturated carbocycles. The summed E-state index contributed by atoms with van der Waals surface area (Å²) < 4.78 is 41.9. The highest BCUT2D eigenvalue weighted by Crippen LogP contribution is 2.27. The van der Waals surface area contributed by atoms with Crippen LogP contribution in [0, 0.1) is 11.6 Å². The molecule has 0 aliphatic carbocycles. The summed E-state index contributed by atoms with van der Waals surface area (Å²) in [5, 5.41) is 13.2. The number of benzene rings is 3. The molecule has 4 aromatic rings. The average Bonchev–Trinajstić information content (AvgIpc) is 3.50. The number of nitrogens with one attached hydrogen (secondary N) is 1. The lowest BCUT2D eigenvalue weighted by molar-refractivity contribution is -0.0591. The molecule has 8 nitrogen and oxygen atoms in total. The number of aromatic carboxylic acids is 1. The fraction of sp³-hybridized carbons (Fsp3) is 0.333. The Morgan fingerprint density at radius 3 is 2.73 bits per heavy atom. The fourth-order valence-corrected chi connectivity index (χ4v) is 5.45. The van der Waals surface area contributed by atoms with Gasteiger partial charge in [-0.1, -0.05) is 17.7 Å². The van der Waals surface area contributed by atoms with E-state index in [0.717, 1.165) is 49.4 Å². The Kier molecular flexibility index (Phi) is 7.79. The standard InChI is InChI=1S/C30H29ClF2N4O4/c31-20-3-1-19(25(33)12-20)17-41-28-13-21(4-5-24(28)32)34-22-7-9-36(14-22)16-29-35-26-6-2-18(30(38)39)11-27(26)37(29)15-23-8-10-40-23/h1-6,11-13,22-23,34H,7-10,14-17H2,(H,38,39). The van der Waals surface area contributed by atoms with Gasteiger partial charge in [0.25, 0.3) is 0 Å². The third-order valence-corrected chi connectivity index (χ3v) is 7.83. The predicted octanol–water partition coefficient (Wildman–Crippen LogP) is 5.72. The van der Waals surface area contributed by atoms with E-state index in [0.29, 0.717) is 18.8 Å². The summed E-state index contributed by atoms with van der Waals surface area (Å²) in [6.45, 7) is 3.42. The molecule has 3 aromatic carbocycles. The molecule has 2 N–H and O–H groups in total. The smallest absolute Gasteiger partial charge is 0.335 e. The van der Waals surface area contributed by atoms with E-state index in [1.807, 2.05) is 0 Å². The Bertz CT molecular complexity index is 1590. The van der Waals surface area contributed by atoms with Crippen molar-refractivity contribution < 1.29 is 28.2 Å². The second kappa shape index (κ2) is 11.6. The minimum Gasteiger partial charge on any atom is -0.486 e. The predicted molar refractivity (Wildman–Crippen MR) is 150 cm³/mol. The van der Waals surface area contributed by atoms with Crippen LogP contribution in [0.5, 0.6) is 5.75 Å². The first-order valence-corrected chi connectivity index (χ1v) is 13.9. The zero-order valence-electron chi connectivity index (χ0n) is 22.2. The van der Waals surface area contributed by atoms with Crippen molar-refractivity contribution >= 4 is 34.3 Å². The average molecular weight is 583 g/mol. The number of rotatable bonds is 10. The summed E-state index contributed by atoms with van der Waals surface area (Å²) >= 11 is 5.81. The van der Waals surface area contributed by atoms with Crippen LogP contribution in [0.1, 0.15) is 34.6 Å². The monoisotopic (exact) mass is 582 g/mol. The Labute approximate surface area is 240 Å². The van der Waals surface area contributed by atoms with Gasteiger partial charge >= 0.3 is 5.97 Å². The second-order valence-electron chi connectivity index (χ2n) is 10.5. The molecule has 6 rings (SSSR count). The largest absolute Gasteiger partial charge is 0.486 e. The summed E-state index contributed by atoms with van der Waals surface area (Å²) in [5.41, 5.74) is 2.77. The number of likely N-dealkylation sites (tertiary alicyclic amines) is 1. The second-order valence-corrected chi connectivity index (χ2v) is 10.9. The number of carboxylic acid groups (broad SMARTS) is 1. The van der Waals surface area contributed by atoms with Crippen LogP contribution in [0.25, 0.3) is 11.0 Å². The van der Waals surface area contributed by atoms with Gasteiger partial charge in [-0.05, 0) is 55.3 Å². The third kappa shape index (κ3) is 6.14. The van der Waals surface area contributed by atoms with Gasteiger partial charge in [0.2, 0.25) is 0 Å². The van der Waals surface area contributed by atoms with Gasteiger partial charge in [0, 0.05) is 48.1 Å². The number of ether oxygens (including phenoxy) is 2. The topological polar surface area (TPSA) is 88.9 Å². The van der Waals surface area contributed by atoms with Crippen LogP contribution in [-0.4, -0.2) is 57.4 Å². The van der Waals surface area contributed by atoms with Gasteiger partial charge in [0.1, 0.15) is 18.2 Å². The van der Waals surface area contributed by atoms with Crippen molar-refractivity contribution in [1.82, 2.24) is 14.5 Å². The molecule has 2 saturated heterocycles. The minimum absolute atomic E-state index is 0.0341. The van der Waals surface area contributed by atoms with Gasteiger partial charge in [-0.25, -0.2) is 18.6 Å². The molecule has 3 heterocycles. The molecule has 2 aliphatic rings. The van der Waals surface area contributed by atoms with Crippen molar-refractivity contribution in [2.24, 2.45) is 0 Å². The van der Waals surface area contributed by atoms with Crippen LogP contribution in [0.4, 0.5) is 14.5 Å². The van der Waals surface area contributed by atoms with E-state index in [9.17, 15) is 18.7 Å². The number of aromatic nitrogens is 2. The highest BCUT2D eigenvalue weighted by atomic mass is 35.5. The van der Waals surface area contributed by atoms with Crippen LogP contribution < -0.4 is 10.1 Å². The van der Waals surface area contributed by atoms with E-state index in [4.69, 9.17) is 26.1 Å². The van der Waals surface area contributed by atoms with Gasteiger partial charge < -0.3 is 24.5 Å². The number of hydrogen-bond donors (Lipinski definition) is 2. The lowest BCUT2D eigenvalue weighted by Gasteiger charge is -2.28. The maximum absolute atomic E-state index is 14.4. The van der Waals surface area contributed by atoms with Crippen molar-refractivity contribution in [3.05, 3.63) is 88.2 Å². The van der Waals surface area contributed by atoms with Gasteiger partial charge in [0.15, 0.2) is 11.6 Å². The maximum atomic E-state index is 14.4. The molecule has 2 atom stereocenters. The first-order chi connectivity index (χ1) is 19.8. The summed E-state index contributed by atoms with van der Waals surface area (Å²) in [5.74, 6) is -1.11. The van der Waals surface area contributed by atoms with Crippen molar-refractivity contribution in [2.75, 3.05) is 25.0 Å². The third-order valence-electron chi connectivity index (χ3n) is 7.59. The van der Waals surface area contributed by atoms with Crippen molar-refractivity contribution in [3.8, 4) is 5.75 Å². The normalized spacial score (nSPS) is 18.9. The highest BCUT2D eigenvalue weighted by Gasteiger charge is 2.27. The van der Waals surface area contributed by atoms with E-state index in [1.54, 1.807) is 36.4 Å². The van der Waals surface area contributed by atoms with E-state index in [-0.39, 0.29) is 40.7 Å². The number of fused-ring (bicyclic) bond motifs is 1. The molecule has 0 radical (unpaired) electrons. The van der Waals surface area contributed by atoms with E-state index in [1.165, 1.54) is 18.2 Å². The summed E-state index contributed by atoms with van der Waals surface area (Å²) in [7, 11) is 0. The molecule has 1 aromatic heterocycles. The summed E-state index contributed by atoms with van der Waals surface area (Å²) in [6.07, 6.45) is 1.93. The molecule has 2 fully saturated rings. The van der Waals surface area contributed by atoms with Crippen molar-refractivity contribution in [3.63, 3.8) is 0 Å². The molecule has 0 spiro atoms. The molecule has 214 valence electrons. The Morgan fingerprint density at radius 1 is 1.12 bits per heavy atom. The van der Waals surface area contributed by atoms with E-state index < -0.39 is 17.6 Å². The van der Waals surface area contributed by atoms with E-state index >= 15 is 0 Å². The van der Waals surface area contributed by atoms with Crippen LogP contribution in [0.2, 0.25) is 5.02 Å². The summed E-state index contributed by atoms with van der Waals surface area (Å²) in [4.78, 5) is 18.7. The molecular weight excluding hydrogens is 554 g/mol. The number of nitrogens with zero attached hydrogens (tertiary/aromatic N) is 3. The number of anilines is 1. The lowest BCUT2D eigenvalue weighted by Crippen LogP contribution is -2.33. The van der Waals surface area contributed by atoms with Crippen LogP contribution in [0.15, 0.2) is 54.6 Å².